The molecule has 0 atom stereocenters. The molecule has 128 valence electrons. The Hall–Kier alpha value is -2.37. The van der Waals surface area contributed by atoms with Crippen molar-refractivity contribution in [3.8, 4) is 0 Å². The molecular weight excluding hydrogens is 311 g/mol. The number of carbonyl (C=O) groups excluding carboxylic acids is 2. The summed E-state index contributed by atoms with van der Waals surface area (Å²) in [6, 6.07) is 6.09. The van der Waals surface area contributed by atoms with Gasteiger partial charge in [-0.3, -0.25) is 9.59 Å². The summed E-state index contributed by atoms with van der Waals surface area (Å²) in [6.45, 7) is 1.03. The minimum Gasteiger partial charge on any atom is -0.448 e. The number of hydrogen-bond donors (Lipinski definition) is 1. The Labute approximate surface area is 139 Å². The van der Waals surface area contributed by atoms with E-state index in [1.807, 2.05) is 0 Å². The minimum atomic E-state index is -0.484. The van der Waals surface area contributed by atoms with Gasteiger partial charge in [-0.1, -0.05) is 18.6 Å². The Balaban J connectivity index is 1.46. The van der Waals surface area contributed by atoms with Crippen LogP contribution >= 0.6 is 0 Å². The number of carbonyl (C=O) groups is 2. The number of benzene rings is 1. The second kappa shape index (κ2) is 7.03. The molecule has 1 aromatic carbocycles. The lowest BCUT2D eigenvalue weighted by atomic mass is 9.84. The molecule has 2 aromatic rings. The van der Waals surface area contributed by atoms with Gasteiger partial charge in [-0.05, 0) is 31.4 Å². The van der Waals surface area contributed by atoms with Crippen LogP contribution in [0.2, 0.25) is 0 Å². The highest BCUT2D eigenvalue weighted by Gasteiger charge is 2.27. The fourth-order valence-corrected chi connectivity index (χ4v) is 2.82. The molecule has 0 saturated heterocycles. The molecule has 1 heterocycles. The first-order chi connectivity index (χ1) is 11.6. The maximum atomic E-state index is 13.6. The summed E-state index contributed by atoms with van der Waals surface area (Å²) in [7, 11) is 1.80. The molecule has 0 radical (unpaired) electrons. The second-order valence-corrected chi connectivity index (χ2v) is 6.27. The van der Waals surface area contributed by atoms with Crippen molar-refractivity contribution in [2.45, 2.75) is 25.7 Å². The van der Waals surface area contributed by atoms with E-state index in [0.717, 1.165) is 19.3 Å². The molecule has 2 amide bonds. The van der Waals surface area contributed by atoms with Crippen molar-refractivity contribution >= 4 is 22.8 Å². The summed E-state index contributed by atoms with van der Waals surface area (Å²) in [6.07, 6.45) is 3.78. The normalized spacial score (nSPS) is 14.4. The zero-order valence-electron chi connectivity index (χ0n) is 13.7. The molecule has 5 nitrogen and oxygen atoms in total. The van der Waals surface area contributed by atoms with Gasteiger partial charge in [0.25, 0.3) is 5.91 Å². The number of rotatable bonds is 6. The lowest BCUT2D eigenvalue weighted by Gasteiger charge is -2.29. The molecule has 0 spiro atoms. The van der Waals surface area contributed by atoms with Crippen LogP contribution in [-0.4, -0.2) is 36.9 Å². The Bertz CT molecular complexity index is 752. The van der Waals surface area contributed by atoms with Gasteiger partial charge in [0, 0.05) is 31.4 Å². The van der Waals surface area contributed by atoms with Gasteiger partial charge in [0.15, 0.2) is 17.2 Å². The van der Waals surface area contributed by atoms with Gasteiger partial charge < -0.3 is 14.6 Å². The van der Waals surface area contributed by atoms with Crippen LogP contribution in [0.4, 0.5) is 4.39 Å². The number of hydrogen-bond acceptors (Lipinski definition) is 3. The van der Waals surface area contributed by atoms with Crippen LogP contribution in [0.15, 0.2) is 28.7 Å². The number of fused-ring (bicyclic) bond motifs is 1. The van der Waals surface area contributed by atoms with E-state index in [9.17, 15) is 14.0 Å². The van der Waals surface area contributed by atoms with Crippen LogP contribution in [0, 0.1) is 11.7 Å². The molecule has 1 aliphatic carbocycles. The quantitative estimate of drug-likeness (QED) is 0.827. The topological polar surface area (TPSA) is 62.6 Å². The summed E-state index contributed by atoms with van der Waals surface area (Å²) < 4.78 is 18.8. The summed E-state index contributed by atoms with van der Waals surface area (Å²) in [5.74, 6) is -0.384. The van der Waals surface area contributed by atoms with Gasteiger partial charge in [-0.25, -0.2) is 4.39 Å². The Morgan fingerprint density at radius 2 is 2.17 bits per heavy atom. The van der Waals surface area contributed by atoms with Gasteiger partial charge in [-0.2, -0.15) is 0 Å². The average molecular weight is 332 g/mol. The van der Waals surface area contributed by atoms with Crippen molar-refractivity contribution in [2.75, 3.05) is 20.1 Å². The summed E-state index contributed by atoms with van der Waals surface area (Å²) >= 11 is 0. The van der Waals surface area contributed by atoms with Crippen molar-refractivity contribution in [2.24, 2.45) is 5.92 Å². The summed E-state index contributed by atoms with van der Waals surface area (Å²) in [4.78, 5) is 25.8. The first kappa shape index (κ1) is 16.5. The Morgan fingerprint density at radius 3 is 2.83 bits per heavy atom. The van der Waals surface area contributed by atoms with Crippen molar-refractivity contribution in [1.82, 2.24) is 10.2 Å². The zero-order valence-corrected chi connectivity index (χ0v) is 13.7. The smallest absolute Gasteiger partial charge is 0.287 e. The molecule has 24 heavy (non-hydrogen) atoms. The highest BCUT2D eigenvalue weighted by Crippen LogP contribution is 2.27. The maximum Gasteiger partial charge on any atom is 0.287 e. The molecule has 1 aliphatic rings. The van der Waals surface area contributed by atoms with Crippen LogP contribution in [0.1, 0.15) is 36.2 Å². The highest BCUT2D eigenvalue weighted by atomic mass is 19.1. The number of para-hydroxylation sites is 1. The van der Waals surface area contributed by atoms with E-state index in [1.165, 1.54) is 12.1 Å². The van der Waals surface area contributed by atoms with Gasteiger partial charge in [0.2, 0.25) is 5.91 Å². The number of nitrogens with one attached hydrogen (secondary N) is 1. The van der Waals surface area contributed by atoms with E-state index < -0.39 is 5.82 Å². The average Bonchev–Trinajstić information content (AvgIpc) is 2.95. The van der Waals surface area contributed by atoms with Crippen LogP contribution in [0.3, 0.4) is 0 Å². The lowest BCUT2D eigenvalue weighted by Crippen LogP contribution is -2.37. The molecule has 1 N–H and O–H groups in total. The van der Waals surface area contributed by atoms with E-state index in [0.29, 0.717) is 24.9 Å². The molecule has 3 rings (SSSR count). The van der Waals surface area contributed by atoms with Crippen LogP contribution in [-0.2, 0) is 4.79 Å². The number of nitrogens with zero attached hydrogens (tertiary/aromatic N) is 1. The molecule has 0 aliphatic heterocycles. The van der Waals surface area contributed by atoms with Gasteiger partial charge in [0.1, 0.15) is 0 Å². The monoisotopic (exact) mass is 332 g/mol. The molecule has 1 fully saturated rings. The zero-order chi connectivity index (χ0) is 17.1. The Kier molecular flexibility index (Phi) is 4.83. The van der Waals surface area contributed by atoms with Gasteiger partial charge in [0.05, 0.1) is 0 Å². The molecule has 0 unspecified atom stereocenters. The van der Waals surface area contributed by atoms with Crippen molar-refractivity contribution in [3.05, 3.63) is 35.8 Å². The van der Waals surface area contributed by atoms with Crippen LogP contribution < -0.4 is 5.32 Å². The van der Waals surface area contributed by atoms with E-state index in [-0.39, 0.29) is 29.1 Å². The number of furan rings is 1. The predicted octanol–water partition coefficient (Wildman–Crippen LogP) is 2.95. The number of amides is 2. The fourth-order valence-electron chi connectivity index (χ4n) is 2.82. The SMILES string of the molecule is CN(CCCNC(=O)c1cc2cccc(F)c2o1)C(=O)C1CCC1. The predicted molar refractivity (Wildman–Crippen MR) is 88.1 cm³/mol. The Morgan fingerprint density at radius 1 is 1.38 bits per heavy atom. The lowest BCUT2D eigenvalue weighted by molar-refractivity contribution is -0.136. The highest BCUT2D eigenvalue weighted by molar-refractivity contribution is 5.96. The minimum absolute atomic E-state index is 0.0912. The van der Waals surface area contributed by atoms with Crippen LogP contribution in [0.5, 0.6) is 0 Å². The summed E-state index contributed by atoms with van der Waals surface area (Å²) in [5, 5.41) is 3.30. The van der Waals surface area contributed by atoms with Crippen molar-refractivity contribution < 1.29 is 18.4 Å². The standard InChI is InChI=1S/C18H21FN2O3/c1-21(18(23)12-5-2-6-12)10-4-9-20-17(22)15-11-13-7-3-8-14(19)16(13)24-15/h3,7-8,11-12H,2,4-6,9-10H2,1H3,(H,20,22). The fraction of sp³-hybridized carbons (Fsp3) is 0.444. The van der Waals surface area contributed by atoms with Crippen molar-refractivity contribution in [3.63, 3.8) is 0 Å². The molecule has 1 aromatic heterocycles. The van der Waals surface area contributed by atoms with Gasteiger partial charge >= 0.3 is 0 Å². The number of halogens is 1. The molecule has 6 heteroatoms. The second-order valence-electron chi connectivity index (χ2n) is 6.27. The van der Waals surface area contributed by atoms with E-state index in [4.69, 9.17) is 4.42 Å². The van der Waals surface area contributed by atoms with E-state index in [2.05, 4.69) is 5.32 Å². The van der Waals surface area contributed by atoms with E-state index >= 15 is 0 Å². The summed E-state index contributed by atoms with van der Waals surface area (Å²) in [5.41, 5.74) is 0.0912. The van der Waals surface area contributed by atoms with Gasteiger partial charge in [-0.15, -0.1) is 0 Å². The van der Waals surface area contributed by atoms with E-state index in [1.54, 1.807) is 24.1 Å². The first-order valence-corrected chi connectivity index (χ1v) is 8.27. The largest absolute Gasteiger partial charge is 0.448 e. The van der Waals surface area contributed by atoms with Crippen LogP contribution in [0.25, 0.3) is 11.0 Å². The third-order valence-electron chi connectivity index (χ3n) is 4.51. The molecular formula is C18H21FN2O3. The third-order valence-corrected chi connectivity index (χ3v) is 4.51. The first-order valence-electron chi connectivity index (χ1n) is 8.27. The van der Waals surface area contributed by atoms with Crippen molar-refractivity contribution in [1.29, 1.82) is 0 Å². The molecule has 1 saturated carbocycles. The third kappa shape index (κ3) is 3.42. The molecule has 0 bridgehead atoms. The maximum absolute atomic E-state index is 13.6.